The van der Waals surface area contributed by atoms with Crippen molar-refractivity contribution < 1.29 is 9.32 Å². The molecular formula is C13H16N4O2. The van der Waals surface area contributed by atoms with Gasteiger partial charge in [0, 0.05) is 13.5 Å². The maximum absolute atomic E-state index is 11.7. The number of hydrogen-bond acceptors (Lipinski definition) is 5. The van der Waals surface area contributed by atoms with E-state index in [0.717, 1.165) is 12.0 Å². The molecule has 0 fully saturated rings. The van der Waals surface area contributed by atoms with Crippen LogP contribution < -0.4 is 11.1 Å². The molecule has 0 saturated heterocycles. The zero-order chi connectivity index (χ0) is 13.7. The van der Waals surface area contributed by atoms with Crippen LogP contribution in [0.4, 0.5) is 0 Å². The van der Waals surface area contributed by atoms with Crippen LogP contribution in [0, 0.1) is 6.92 Å². The number of aromatic nitrogens is 2. The third-order valence-corrected chi connectivity index (χ3v) is 2.64. The van der Waals surface area contributed by atoms with Gasteiger partial charge in [-0.15, -0.1) is 0 Å². The average molecular weight is 260 g/mol. The monoisotopic (exact) mass is 260 g/mol. The number of rotatable bonds is 5. The lowest BCUT2D eigenvalue weighted by Crippen LogP contribution is -2.23. The molecule has 1 aromatic carbocycles. The third-order valence-electron chi connectivity index (χ3n) is 2.64. The van der Waals surface area contributed by atoms with Gasteiger partial charge in [0.15, 0.2) is 0 Å². The maximum atomic E-state index is 11.7. The number of amides is 1. The Morgan fingerprint density at radius 3 is 2.58 bits per heavy atom. The average Bonchev–Trinajstić information content (AvgIpc) is 2.85. The van der Waals surface area contributed by atoms with Gasteiger partial charge in [0.05, 0.1) is 0 Å². The van der Waals surface area contributed by atoms with Gasteiger partial charge in [-0.25, -0.2) is 0 Å². The molecule has 0 spiro atoms. The van der Waals surface area contributed by atoms with Gasteiger partial charge in [0.25, 0.3) is 11.7 Å². The summed E-state index contributed by atoms with van der Waals surface area (Å²) in [5.74, 6) is 0.0800. The molecule has 2 aromatic rings. The number of carbonyl (C=O) groups excluding carboxylic acids is 1. The minimum atomic E-state index is -0.345. The number of nitrogens with two attached hydrogens (primary N) is 1. The quantitative estimate of drug-likeness (QED) is 0.829. The summed E-state index contributed by atoms with van der Waals surface area (Å²) in [6.07, 6.45) is 0.856. The molecule has 0 radical (unpaired) electrons. The minimum Gasteiger partial charge on any atom is -0.345 e. The molecule has 100 valence electrons. The van der Waals surface area contributed by atoms with Gasteiger partial charge in [-0.1, -0.05) is 29.4 Å². The first-order chi connectivity index (χ1) is 9.19. The topological polar surface area (TPSA) is 94.0 Å². The van der Waals surface area contributed by atoms with Crippen LogP contribution in [-0.4, -0.2) is 22.6 Å². The lowest BCUT2D eigenvalue weighted by atomic mass is 10.1. The van der Waals surface area contributed by atoms with E-state index in [1.807, 2.05) is 24.3 Å². The molecule has 0 unspecified atom stereocenters. The van der Waals surface area contributed by atoms with Gasteiger partial charge >= 0.3 is 0 Å². The van der Waals surface area contributed by atoms with E-state index in [-0.39, 0.29) is 11.7 Å². The van der Waals surface area contributed by atoms with E-state index in [1.165, 1.54) is 5.56 Å². The van der Waals surface area contributed by atoms with Crippen LogP contribution in [0.3, 0.4) is 0 Å². The molecule has 0 atom stereocenters. The van der Waals surface area contributed by atoms with Crippen molar-refractivity contribution in [2.75, 3.05) is 6.54 Å². The second kappa shape index (κ2) is 6.10. The predicted octanol–water partition coefficient (Wildman–Crippen LogP) is 0.809. The van der Waals surface area contributed by atoms with Crippen molar-refractivity contribution >= 4 is 5.91 Å². The molecule has 1 heterocycles. The van der Waals surface area contributed by atoms with Crippen LogP contribution in [0.15, 0.2) is 28.8 Å². The second-order valence-corrected chi connectivity index (χ2v) is 4.17. The zero-order valence-electron chi connectivity index (χ0n) is 10.7. The van der Waals surface area contributed by atoms with Crippen molar-refractivity contribution in [1.82, 2.24) is 15.5 Å². The van der Waals surface area contributed by atoms with Crippen molar-refractivity contribution in [3.63, 3.8) is 0 Å². The first kappa shape index (κ1) is 13.2. The Balaban J connectivity index is 1.89. The van der Waals surface area contributed by atoms with Crippen LogP contribution in [0.5, 0.6) is 0 Å². The summed E-state index contributed by atoms with van der Waals surface area (Å²) < 4.78 is 4.75. The summed E-state index contributed by atoms with van der Waals surface area (Å²) in [7, 11) is 0. The molecule has 6 nitrogen and oxygen atoms in total. The predicted molar refractivity (Wildman–Crippen MR) is 69.4 cm³/mol. The summed E-state index contributed by atoms with van der Waals surface area (Å²) in [6.45, 7) is 2.70. The first-order valence-corrected chi connectivity index (χ1v) is 6.05. The van der Waals surface area contributed by atoms with Crippen LogP contribution >= 0.6 is 0 Å². The van der Waals surface area contributed by atoms with Crippen LogP contribution in [-0.2, 0) is 13.0 Å². The Bertz CT molecular complexity index is 548. The Morgan fingerprint density at radius 1 is 1.32 bits per heavy atom. The van der Waals surface area contributed by atoms with E-state index in [9.17, 15) is 4.79 Å². The summed E-state index contributed by atoms with van der Waals surface area (Å²) >= 11 is 0. The van der Waals surface area contributed by atoms with Crippen molar-refractivity contribution in [2.45, 2.75) is 19.9 Å². The number of carbonyl (C=O) groups is 1. The number of nitrogens with zero attached hydrogens (tertiary/aromatic N) is 2. The Kier molecular flexibility index (Phi) is 4.25. The fourth-order valence-electron chi connectivity index (χ4n) is 1.64. The van der Waals surface area contributed by atoms with Gasteiger partial charge in [0.1, 0.15) is 0 Å². The van der Waals surface area contributed by atoms with Crippen molar-refractivity contribution in [1.29, 1.82) is 0 Å². The number of aryl methyl sites for hydroxylation is 1. The van der Waals surface area contributed by atoms with Gasteiger partial charge in [0.2, 0.25) is 5.89 Å². The third kappa shape index (κ3) is 3.62. The number of benzene rings is 1. The summed E-state index contributed by atoms with van der Waals surface area (Å²) in [6, 6.07) is 7.94. The molecule has 0 aliphatic carbocycles. The fraction of sp³-hybridized carbons (Fsp3) is 0.308. The fourth-order valence-corrected chi connectivity index (χ4v) is 1.64. The van der Waals surface area contributed by atoms with Gasteiger partial charge < -0.3 is 15.6 Å². The highest BCUT2D eigenvalue weighted by Crippen LogP contribution is 2.05. The van der Waals surface area contributed by atoms with Crippen molar-refractivity contribution in [3.8, 4) is 0 Å². The molecule has 0 aliphatic rings. The molecule has 6 heteroatoms. The van der Waals surface area contributed by atoms with Crippen LogP contribution in [0.1, 0.15) is 27.6 Å². The highest BCUT2D eigenvalue weighted by atomic mass is 16.5. The largest absolute Gasteiger partial charge is 0.345 e. The summed E-state index contributed by atoms with van der Waals surface area (Å²) in [5, 5.41) is 6.29. The number of nitrogens with one attached hydrogen (secondary N) is 1. The minimum absolute atomic E-state index is 0.0530. The first-order valence-electron chi connectivity index (χ1n) is 6.05. The van der Waals surface area contributed by atoms with E-state index in [4.69, 9.17) is 10.3 Å². The van der Waals surface area contributed by atoms with Crippen LogP contribution in [0.25, 0.3) is 0 Å². The molecule has 2 rings (SSSR count). The van der Waals surface area contributed by atoms with Gasteiger partial charge in [-0.3, -0.25) is 4.79 Å². The summed E-state index contributed by atoms with van der Waals surface area (Å²) in [4.78, 5) is 15.5. The maximum Gasteiger partial charge on any atom is 0.292 e. The molecule has 1 aromatic heterocycles. The lowest BCUT2D eigenvalue weighted by molar-refractivity contribution is 0.0937. The molecule has 0 saturated carbocycles. The second-order valence-electron chi connectivity index (χ2n) is 4.17. The number of hydrogen-bond donors (Lipinski definition) is 2. The Morgan fingerprint density at radius 2 is 2.00 bits per heavy atom. The molecular weight excluding hydrogens is 244 g/mol. The van der Waals surface area contributed by atoms with Crippen molar-refractivity contribution in [3.05, 3.63) is 47.1 Å². The smallest absolute Gasteiger partial charge is 0.292 e. The van der Waals surface area contributed by atoms with E-state index < -0.39 is 0 Å². The van der Waals surface area contributed by atoms with E-state index >= 15 is 0 Å². The van der Waals surface area contributed by atoms with Gasteiger partial charge in [-0.2, -0.15) is 4.98 Å². The van der Waals surface area contributed by atoms with E-state index in [2.05, 4.69) is 15.5 Å². The van der Waals surface area contributed by atoms with Crippen LogP contribution in [0.2, 0.25) is 0 Å². The van der Waals surface area contributed by atoms with E-state index in [0.29, 0.717) is 19.0 Å². The molecule has 1 amide bonds. The summed E-state index contributed by atoms with van der Waals surface area (Å²) in [5.41, 5.74) is 7.68. The highest BCUT2D eigenvalue weighted by Gasteiger charge is 2.11. The Labute approximate surface area is 111 Å². The molecule has 0 aliphatic heterocycles. The van der Waals surface area contributed by atoms with Gasteiger partial charge in [-0.05, 0) is 24.1 Å². The van der Waals surface area contributed by atoms with Crippen molar-refractivity contribution in [2.24, 2.45) is 5.73 Å². The zero-order valence-corrected chi connectivity index (χ0v) is 10.7. The molecule has 0 bridgehead atoms. The Hall–Kier alpha value is -2.21. The standard InChI is InChI=1S/C13H16N4O2/c1-9-16-12(17-19-9)13(18)15-8-11-4-2-10(3-5-11)6-7-14/h2-5H,6-8,14H2,1H3,(H,15,18). The molecule has 3 N–H and O–H groups in total. The SMILES string of the molecule is Cc1nc(C(=O)NCc2ccc(CCN)cc2)no1. The normalized spacial score (nSPS) is 10.4. The molecule has 19 heavy (non-hydrogen) atoms. The lowest BCUT2D eigenvalue weighted by Gasteiger charge is -2.04. The highest BCUT2D eigenvalue weighted by molar-refractivity contribution is 5.90. The van der Waals surface area contributed by atoms with E-state index in [1.54, 1.807) is 6.92 Å².